The first-order valence-electron chi connectivity index (χ1n) is 5.65. The molecule has 1 rings (SSSR count). The van der Waals surface area contributed by atoms with Gasteiger partial charge in [-0.25, -0.2) is 4.79 Å². The summed E-state index contributed by atoms with van der Waals surface area (Å²) in [5, 5.41) is 0. The third-order valence-corrected chi connectivity index (χ3v) is 2.25. The lowest BCUT2D eigenvalue weighted by Crippen LogP contribution is -2.19. The largest absolute Gasteiger partial charge is 0.465 e. The van der Waals surface area contributed by atoms with Gasteiger partial charge < -0.3 is 9.47 Å². The predicted molar refractivity (Wildman–Crippen MR) is 67.9 cm³/mol. The summed E-state index contributed by atoms with van der Waals surface area (Å²) in [6, 6.07) is 9.12. The van der Waals surface area contributed by atoms with E-state index >= 15 is 0 Å². The standard InChI is InChI=1S/C14H16O4/c1-3-18-10-13(15)12(14(16)17-2)9-11-7-5-4-6-8-11/h4-9H,3,10H2,1-2H3/b12-9-. The van der Waals surface area contributed by atoms with Crippen LogP contribution in [0.3, 0.4) is 0 Å². The van der Waals surface area contributed by atoms with Gasteiger partial charge >= 0.3 is 5.97 Å². The van der Waals surface area contributed by atoms with Gasteiger partial charge in [-0.1, -0.05) is 30.3 Å². The van der Waals surface area contributed by atoms with Crippen molar-refractivity contribution in [3.63, 3.8) is 0 Å². The molecule has 0 fully saturated rings. The number of ketones is 1. The second-order valence-electron chi connectivity index (χ2n) is 3.52. The van der Waals surface area contributed by atoms with E-state index < -0.39 is 5.97 Å². The second-order valence-corrected chi connectivity index (χ2v) is 3.52. The summed E-state index contributed by atoms with van der Waals surface area (Å²) in [6.45, 7) is 2.09. The molecular weight excluding hydrogens is 232 g/mol. The highest BCUT2D eigenvalue weighted by molar-refractivity contribution is 6.21. The number of benzene rings is 1. The average molecular weight is 248 g/mol. The number of rotatable bonds is 6. The third kappa shape index (κ3) is 4.14. The van der Waals surface area contributed by atoms with Crippen LogP contribution < -0.4 is 0 Å². The van der Waals surface area contributed by atoms with Crippen LogP contribution in [0.15, 0.2) is 35.9 Å². The van der Waals surface area contributed by atoms with Crippen LogP contribution in [0.4, 0.5) is 0 Å². The van der Waals surface area contributed by atoms with E-state index in [1.807, 2.05) is 18.2 Å². The summed E-state index contributed by atoms with van der Waals surface area (Å²) in [4.78, 5) is 23.4. The highest BCUT2D eigenvalue weighted by Gasteiger charge is 2.18. The Labute approximate surface area is 106 Å². The van der Waals surface area contributed by atoms with Gasteiger partial charge in [0.2, 0.25) is 0 Å². The average Bonchev–Trinajstić information content (AvgIpc) is 2.42. The number of carbonyl (C=O) groups is 2. The quantitative estimate of drug-likeness (QED) is 0.333. The molecule has 1 aromatic carbocycles. The summed E-state index contributed by atoms with van der Waals surface area (Å²) in [5.41, 5.74) is 0.764. The minimum Gasteiger partial charge on any atom is -0.465 e. The SMILES string of the molecule is CCOCC(=O)/C(=C/c1ccccc1)C(=O)OC. The monoisotopic (exact) mass is 248 g/mol. The third-order valence-electron chi connectivity index (χ3n) is 2.25. The number of hydrogen-bond donors (Lipinski definition) is 0. The molecule has 0 saturated carbocycles. The molecule has 0 aliphatic heterocycles. The highest BCUT2D eigenvalue weighted by atomic mass is 16.5. The lowest BCUT2D eigenvalue weighted by molar-refractivity contribution is -0.138. The van der Waals surface area contributed by atoms with Crippen molar-refractivity contribution in [1.29, 1.82) is 0 Å². The molecular formula is C14H16O4. The molecule has 0 spiro atoms. The summed E-state index contributed by atoms with van der Waals surface area (Å²) >= 11 is 0. The van der Waals surface area contributed by atoms with Crippen LogP contribution >= 0.6 is 0 Å². The number of Topliss-reactive ketones (excluding diaryl/α,β-unsaturated/α-hetero) is 1. The minimum absolute atomic E-state index is 0.00264. The van der Waals surface area contributed by atoms with Gasteiger partial charge in [0.25, 0.3) is 0 Å². The number of hydrogen-bond acceptors (Lipinski definition) is 4. The summed E-state index contributed by atoms with van der Waals surface area (Å²) in [6.07, 6.45) is 1.51. The van der Waals surface area contributed by atoms with Gasteiger partial charge in [0.1, 0.15) is 12.2 Å². The van der Waals surface area contributed by atoms with Crippen molar-refractivity contribution in [2.75, 3.05) is 20.3 Å². The van der Waals surface area contributed by atoms with Gasteiger partial charge in [0.15, 0.2) is 5.78 Å². The van der Waals surface area contributed by atoms with Crippen LogP contribution in [0.2, 0.25) is 0 Å². The summed E-state index contributed by atoms with van der Waals surface area (Å²) < 4.78 is 9.61. The molecule has 0 aromatic heterocycles. The zero-order valence-electron chi connectivity index (χ0n) is 10.5. The van der Waals surface area contributed by atoms with Gasteiger partial charge in [-0.05, 0) is 18.6 Å². The minimum atomic E-state index is -0.649. The predicted octanol–water partition coefficient (Wildman–Crippen LogP) is 1.85. The fourth-order valence-corrected chi connectivity index (χ4v) is 1.35. The zero-order chi connectivity index (χ0) is 13.4. The van der Waals surface area contributed by atoms with Crippen LogP contribution in [0.25, 0.3) is 6.08 Å². The Bertz CT molecular complexity index is 434. The van der Waals surface area contributed by atoms with E-state index in [1.165, 1.54) is 13.2 Å². The molecule has 18 heavy (non-hydrogen) atoms. The molecule has 0 amide bonds. The van der Waals surface area contributed by atoms with Crippen LogP contribution in [0, 0.1) is 0 Å². The number of ether oxygens (including phenoxy) is 2. The fourth-order valence-electron chi connectivity index (χ4n) is 1.35. The van der Waals surface area contributed by atoms with E-state index in [0.717, 1.165) is 5.56 Å². The van der Waals surface area contributed by atoms with Crippen molar-refractivity contribution in [2.45, 2.75) is 6.92 Å². The Kier molecular flexibility index (Phi) is 5.80. The van der Waals surface area contributed by atoms with Gasteiger partial charge in [0.05, 0.1) is 7.11 Å². The van der Waals surface area contributed by atoms with Crippen LogP contribution in [-0.2, 0) is 19.1 Å². The van der Waals surface area contributed by atoms with Gasteiger partial charge in [-0.15, -0.1) is 0 Å². The summed E-state index contributed by atoms with van der Waals surface area (Å²) in [7, 11) is 1.25. The van der Waals surface area contributed by atoms with Crippen molar-refractivity contribution in [3.8, 4) is 0 Å². The Balaban J connectivity index is 2.95. The molecule has 0 unspecified atom stereocenters. The van der Waals surface area contributed by atoms with Crippen LogP contribution in [0.5, 0.6) is 0 Å². The molecule has 0 aliphatic carbocycles. The second kappa shape index (κ2) is 7.40. The number of carbonyl (C=O) groups excluding carboxylic acids is 2. The molecule has 0 radical (unpaired) electrons. The van der Waals surface area contributed by atoms with Gasteiger partial charge in [-0.3, -0.25) is 4.79 Å². The molecule has 0 heterocycles. The molecule has 0 atom stereocenters. The maximum atomic E-state index is 11.8. The first-order valence-corrected chi connectivity index (χ1v) is 5.65. The summed E-state index contributed by atoms with van der Waals surface area (Å²) in [5.74, 6) is -1.03. The highest BCUT2D eigenvalue weighted by Crippen LogP contribution is 2.09. The molecule has 4 nitrogen and oxygen atoms in total. The Morgan fingerprint density at radius 2 is 1.89 bits per heavy atom. The molecule has 0 saturated heterocycles. The number of methoxy groups -OCH3 is 1. The Hall–Kier alpha value is -1.94. The van der Waals surface area contributed by atoms with Crippen LogP contribution in [0.1, 0.15) is 12.5 Å². The molecule has 0 bridgehead atoms. The molecule has 1 aromatic rings. The Morgan fingerprint density at radius 1 is 1.22 bits per heavy atom. The van der Waals surface area contributed by atoms with E-state index in [1.54, 1.807) is 19.1 Å². The van der Waals surface area contributed by atoms with Crippen molar-refractivity contribution in [3.05, 3.63) is 41.5 Å². The maximum Gasteiger partial charge on any atom is 0.341 e. The van der Waals surface area contributed by atoms with E-state index in [-0.39, 0.29) is 18.0 Å². The van der Waals surface area contributed by atoms with Crippen molar-refractivity contribution < 1.29 is 19.1 Å². The maximum absolute atomic E-state index is 11.8. The molecule has 4 heteroatoms. The van der Waals surface area contributed by atoms with E-state index in [2.05, 4.69) is 4.74 Å². The van der Waals surface area contributed by atoms with E-state index in [4.69, 9.17) is 4.74 Å². The van der Waals surface area contributed by atoms with Crippen LogP contribution in [-0.4, -0.2) is 32.1 Å². The number of esters is 1. The first-order chi connectivity index (χ1) is 8.69. The van der Waals surface area contributed by atoms with Crippen molar-refractivity contribution >= 4 is 17.8 Å². The Morgan fingerprint density at radius 3 is 2.44 bits per heavy atom. The normalized spacial score (nSPS) is 11.1. The molecule has 0 aliphatic rings. The van der Waals surface area contributed by atoms with Crippen molar-refractivity contribution in [1.82, 2.24) is 0 Å². The zero-order valence-corrected chi connectivity index (χ0v) is 10.5. The topological polar surface area (TPSA) is 52.6 Å². The lowest BCUT2D eigenvalue weighted by atomic mass is 10.1. The van der Waals surface area contributed by atoms with E-state index in [9.17, 15) is 9.59 Å². The molecule has 96 valence electrons. The van der Waals surface area contributed by atoms with Crippen molar-refractivity contribution in [2.24, 2.45) is 0 Å². The first kappa shape index (κ1) is 14.1. The van der Waals surface area contributed by atoms with Gasteiger partial charge in [0, 0.05) is 6.61 Å². The lowest BCUT2D eigenvalue weighted by Gasteiger charge is -2.05. The van der Waals surface area contributed by atoms with E-state index in [0.29, 0.717) is 6.61 Å². The van der Waals surface area contributed by atoms with Gasteiger partial charge in [-0.2, -0.15) is 0 Å². The smallest absolute Gasteiger partial charge is 0.341 e. The fraction of sp³-hybridized carbons (Fsp3) is 0.286. The molecule has 0 N–H and O–H groups in total.